The molecule has 0 spiro atoms. The van der Waals surface area contributed by atoms with Gasteiger partial charge in [0, 0.05) is 9.17 Å². The minimum absolute atomic E-state index is 0.254. The Labute approximate surface area is 131 Å². The lowest BCUT2D eigenvalue weighted by molar-refractivity contribution is 0.636. The lowest BCUT2D eigenvalue weighted by Gasteiger charge is -2.18. The molecule has 2 aromatic carbocycles. The molecule has 0 saturated carbocycles. The fourth-order valence-corrected chi connectivity index (χ4v) is 3.74. The largest absolute Gasteiger partial charge is 0.306 e. The van der Waals surface area contributed by atoms with Crippen molar-refractivity contribution in [1.82, 2.24) is 5.32 Å². The minimum Gasteiger partial charge on any atom is -0.306 e. The second-order valence-corrected chi connectivity index (χ2v) is 6.56. The van der Waals surface area contributed by atoms with Crippen molar-refractivity contribution in [1.29, 1.82) is 0 Å². The summed E-state index contributed by atoms with van der Waals surface area (Å²) in [6.07, 6.45) is 0. The van der Waals surface area contributed by atoms with E-state index in [1.165, 1.54) is 21.2 Å². The van der Waals surface area contributed by atoms with E-state index in [0.29, 0.717) is 0 Å². The highest BCUT2D eigenvalue weighted by molar-refractivity contribution is 9.10. The summed E-state index contributed by atoms with van der Waals surface area (Å²) in [6.45, 7) is 3.10. The van der Waals surface area contributed by atoms with Crippen molar-refractivity contribution in [2.75, 3.05) is 6.54 Å². The average Bonchev–Trinajstić information content (AvgIpc) is 2.90. The molecule has 1 heterocycles. The quantitative estimate of drug-likeness (QED) is 0.670. The Hall–Kier alpha value is -1.16. The summed E-state index contributed by atoms with van der Waals surface area (Å²) >= 11 is 5.32. The standard InChI is InChI=1S/C17H16BrNS/c1-2-19-17(12-7-9-13(18)10-8-12)15-11-20-16-6-4-3-5-14(15)16/h3-11,17,19H,2H2,1H3. The first-order chi connectivity index (χ1) is 9.79. The van der Waals surface area contributed by atoms with E-state index >= 15 is 0 Å². The third-order valence-corrected chi connectivity index (χ3v) is 4.94. The Bertz CT molecular complexity index is 702. The summed E-state index contributed by atoms with van der Waals surface area (Å²) in [5.74, 6) is 0. The van der Waals surface area contributed by atoms with E-state index in [1.807, 2.05) is 11.3 Å². The maximum absolute atomic E-state index is 3.60. The topological polar surface area (TPSA) is 12.0 Å². The van der Waals surface area contributed by atoms with Crippen LogP contribution in [0.5, 0.6) is 0 Å². The van der Waals surface area contributed by atoms with Crippen LogP contribution in [0.2, 0.25) is 0 Å². The summed E-state index contributed by atoms with van der Waals surface area (Å²) in [7, 11) is 0. The van der Waals surface area contributed by atoms with E-state index in [1.54, 1.807) is 0 Å². The number of halogens is 1. The summed E-state index contributed by atoms with van der Waals surface area (Å²) in [5.41, 5.74) is 2.67. The number of hydrogen-bond donors (Lipinski definition) is 1. The molecule has 0 saturated heterocycles. The van der Waals surface area contributed by atoms with Crippen LogP contribution in [0, 0.1) is 0 Å². The molecule has 102 valence electrons. The van der Waals surface area contributed by atoms with Gasteiger partial charge >= 0.3 is 0 Å². The molecular weight excluding hydrogens is 330 g/mol. The number of nitrogens with one attached hydrogen (secondary N) is 1. The average molecular weight is 346 g/mol. The van der Waals surface area contributed by atoms with Gasteiger partial charge < -0.3 is 5.32 Å². The second-order valence-electron chi connectivity index (χ2n) is 4.73. The highest BCUT2D eigenvalue weighted by Crippen LogP contribution is 2.33. The zero-order chi connectivity index (χ0) is 13.9. The van der Waals surface area contributed by atoms with Gasteiger partial charge in [0.15, 0.2) is 0 Å². The van der Waals surface area contributed by atoms with E-state index in [9.17, 15) is 0 Å². The Morgan fingerprint density at radius 2 is 1.85 bits per heavy atom. The first-order valence-corrected chi connectivity index (χ1v) is 8.42. The molecule has 0 bridgehead atoms. The molecule has 0 aliphatic rings. The summed E-state index contributed by atoms with van der Waals surface area (Å²) in [6, 6.07) is 17.5. The molecule has 0 radical (unpaired) electrons. The van der Waals surface area contributed by atoms with Crippen molar-refractivity contribution in [2.24, 2.45) is 0 Å². The fourth-order valence-electron chi connectivity index (χ4n) is 2.49. The van der Waals surface area contributed by atoms with E-state index in [0.717, 1.165) is 11.0 Å². The van der Waals surface area contributed by atoms with Crippen LogP contribution in [0.4, 0.5) is 0 Å². The molecule has 3 heteroatoms. The van der Waals surface area contributed by atoms with E-state index in [4.69, 9.17) is 0 Å². The van der Waals surface area contributed by atoms with Gasteiger partial charge in [-0.15, -0.1) is 11.3 Å². The van der Waals surface area contributed by atoms with Crippen LogP contribution in [0.3, 0.4) is 0 Å². The Morgan fingerprint density at radius 3 is 2.60 bits per heavy atom. The number of fused-ring (bicyclic) bond motifs is 1. The van der Waals surface area contributed by atoms with Gasteiger partial charge in [-0.3, -0.25) is 0 Å². The maximum atomic E-state index is 3.60. The van der Waals surface area contributed by atoms with Crippen molar-refractivity contribution in [3.63, 3.8) is 0 Å². The SMILES string of the molecule is CCNC(c1ccc(Br)cc1)c1csc2ccccc12. The molecule has 0 amide bonds. The monoisotopic (exact) mass is 345 g/mol. The molecule has 0 aliphatic heterocycles. The number of hydrogen-bond acceptors (Lipinski definition) is 2. The maximum Gasteiger partial charge on any atom is 0.0591 e. The zero-order valence-electron chi connectivity index (χ0n) is 11.3. The van der Waals surface area contributed by atoms with Gasteiger partial charge in [-0.1, -0.05) is 53.2 Å². The normalized spacial score (nSPS) is 12.7. The predicted octanol–water partition coefficient (Wildman–Crippen LogP) is 5.36. The zero-order valence-corrected chi connectivity index (χ0v) is 13.7. The second kappa shape index (κ2) is 6.08. The molecule has 1 N–H and O–H groups in total. The highest BCUT2D eigenvalue weighted by Gasteiger charge is 2.16. The number of rotatable bonds is 4. The molecule has 3 rings (SSSR count). The molecule has 20 heavy (non-hydrogen) atoms. The van der Waals surface area contributed by atoms with Gasteiger partial charge in [0.2, 0.25) is 0 Å². The first kappa shape index (κ1) is 13.8. The van der Waals surface area contributed by atoms with Crippen molar-refractivity contribution in [3.05, 3.63) is 69.5 Å². The van der Waals surface area contributed by atoms with Crippen LogP contribution in [0.25, 0.3) is 10.1 Å². The van der Waals surface area contributed by atoms with E-state index < -0.39 is 0 Å². The smallest absolute Gasteiger partial charge is 0.0591 e. The third kappa shape index (κ3) is 2.66. The van der Waals surface area contributed by atoms with Crippen LogP contribution < -0.4 is 5.32 Å². The van der Waals surface area contributed by atoms with Crippen LogP contribution in [-0.4, -0.2) is 6.54 Å². The van der Waals surface area contributed by atoms with Crippen molar-refractivity contribution >= 4 is 37.4 Å². The molecule has 1 atom stereocenters. The fraction of sp³-hybridized carbons (Fsp3) is 0.176. The Balaban J connectivity index is 2.08. The number of benzene rings is 2. The van der Waals surface area contributed by atoms with Crippen molar-refractivity contribution in [2.45, 2.75) is 13.0 Å². The lowest BCUT2D eigenvalue weighted by Crippen LogP contribution is -2.21. The van der Waals surface area contributed by atoms with Crippen molar-refractivity contribution in [3.8, 4) is 0 Å². The number of thiophene rings is 1. The van der Waals surface area contributed by atoms with Crippen molar-refractivity contribution < 1.29 is 0 Å². The highest BCUT2D eigenvalue weighted by atomic mass is 79.9. The van der Waals surface area contributed by atoms with E-state index in [-0.39, 0.29) is 6.04 Å². The lowest BCUT2D eigenvalue weighted by atomic mass is 9.98. The van der Waals surface area contributed by atoms with Gasteiger partial charge in [0.05, 0.1) is 6.04 Å². The predicted molar refractivity (Wildman–Crippen MR) is 91.5 cm³/mol. The molecular formula is C17H16BrNS. The van der Waals surface area contributed by atoms with Gasteiger partial charge in [-0.25, -0.2) is 0 Å². The van der Waals surface area contributed by atoms with Gasteiger partial charge in [-0.05, 0) is 46.6 Å². The summed E-state index contributed by atoms with van der Waals surface area (Å²) < 4.78 is 2.47. The van der Waals surface area contributed by atoms with Crippen LogP contribution >= 0.6 is 27.3 Å². The first-order valence-electron chi connectivity index (χ1n) is 6.74. The minimum atomic E-state index is 0.254. The van der Waals surface area contributed by atoms with Crippen LogP contribution in [0.1, 0.15) is 24.1 Å². The summed E-state index contributed by atoms with van der Waals surface area (Å²) in [4.78, 5) is 0. The Kier molecular flexibility index (Phi) is 4.20. The van der Waals surface area contributed by atoms with Crippen LogP contribution in [-0.2, 0) is 0 Å². The molecule has 0 aliphatic carbocycles. The van der Waals surface area contributed by atoms with Gasteiger partial charge in [-0.2, -0.15) is 0 Å². The molecule has 1 nitrogen and oxygen atoms in total. The molecule has 1 unspecified atom stereocenters. The van der Waals surface area contributed by atoms with Gasteiger partial charge in [0.25, 0.3) is 0 Å². The Morgan fingerprint density at radius 1 is 1.10 bits per heavy atom. The summed E-state index contributed by atoms with van der Waals surface area (Å²) in [5, 5.41) is 7.24. The van der Waals surface area contributed by atoms with Crippen LogP contribution in [0.15, 0.2) is 58.4 Å². The molecule has 0 fully saturated rings. The third-order valence-electron chi connectivity index (χ3n) is 3.43. The van der Waals surface area contributed by atoms with Gasteiger partial charge in [0.1, 0.15) is 0 Å². The molecule has 3 aromatic rings. The molecule has 1 aromatic heterocycles. The van der Waals surface area contributed by atoms with E-state index in [2.05, 4.69) is 82.1 Å².